The van der Waals surface area contributed by atoms with Crippen molar-refractivity contribution in [3.63, 3.8) is 0 Å². The second-order valence-electron chi connectivity index (χ2n) is 5.81. The lowest BCUT2D eigenvalue weighted by molar-refractivity contribution is 0.102. The lowest BCUT2D eigenvalue weighted by atomic mass is 10.2. The summed E-state index contributed by atoms with van der Waals surface area (Å²) in [6, 6.07) is 12.3. The molecule has 6 nitrogen and oxygen atoms in total. The highest BCUT2D eigenvalue weighted by Gasteiger charge is 2.23. The van der Waals surface area contributed by atoms with Crippen LogP contribution < -0.4 is 5.32 Å². The van der Waals surface area contributed by atoms with Gasteiger partial charge in [-0.1, -0.05) is 47.2 Å². The highest BCUT2D eigenvalue weighted by atomic mass is 32.2. The summed E-state index contributed by atoms with van der Waals surface area (Å²) in [5.41, 5.74) is 2.39. The minimum Gasteiger partial charge on any atom is -0.296 e. The van der Waals surface area contributed by atoms with E-state index in [1.54, 1.807) is 37.3 Å². The molecule has 0 aliphatic heterocycles. The molecule has 1 aromatic carbocycles. The van der Waals surface area contributed by atoms with E-state index in [1.165, 1.54) is 6.20 Å². The van der Waals surface area contributed by atoms with E-state index >= 15 is 0 Å². The summed E-state index contributed by atoms with van der Waals surface area (Å²) in [5, 5.41) is 2.84. The second kappa shape index (κ2) is 7.35. The van der Waals surface area contributed by atoms with Crippen LogP contribution in [-0.2, 0) is 15.6 Å². The van der Waals surface area contributed by atoms with Gasteiger partial charge in [0.25, 0.3) is 5.91 Å². The van der Waals surface area contributed by atoms with Crippen molar-refractivity contribution in [1.82, 2.24) is 9.97 Å². The van der Waals surface area contributed by atoms with Gasteiger partial charge in [-0.25, -0.2) is 13.4 Å². The van der Waals surface area contributed by atoms with Gasteiger partial charge in [-0.2, -0.15) is 0 Å². The van der Waals surface area contributed by atoms with Crippen molar-refractivity contribution in [2.75, 3.05) is 5.32 Å². The van der Waals surface area contributed by atoms with E-state index in [1.807, 2.05) is 19.1 Å². The van der Waals surface area contributed by atoms with Crippen molar-refractivity contribution < 1.29 is 13.2 Å². The van der Waals surface area contributed by atoms with Crippen LogP contribution in [0.4, 0.5) is 5.13 Å². The third-order valence-corrected chi connectivity index (χ3v) is 7.08. The number of hydrogen-bond donors (Lipinski definition) is 1. The molecule has 0 fully saturated rings. The SMILES string of the molecule is Cc1ccc(CS(=O)(=O)c2sc(NC(=O)c3ccccn3)nc2C)cc1. The number of hydrogen-bond acceptors (Lipinski definition) is 6. The zero-order chi connectivity index (χ0) is 18.7. The number of carbonyl (C=O) groups is 1. The minimum absolute atomic E-state index is 0.107. The van der Waals surface area contributed by atoms with Gasteiger partial charge >= 0.3 is 0 Å². The Balaban J connectivity index is 1.80. The quantitative estimate of drug-likeness (QED) is 0.725. The first-order chi connectivity index (χ1) is 12.3. The molecule has 0 aliphatic rings. The van der Waals surface area contributed by atoms with Gasteiger partial charge in [0.2, 0.25) is 0 Å². The zero-order valence-electron chi connectivity index (χ0n) is 14.3. The van der Waals surface area contributed by atoms with Gasteiger partial charge in [0.1, 0.15) is 9.90 Å². The van der Waals surface area contributed by atoms with Crippen molar-refractivity contribution in [2.45, 2.75) is 23.8 Å². The molecule has 0 atom stereocenters. The van der Waals surface area contributed by atoms with Gasteiger partial charge in [0.15, 0.2) is 15.0 Å². The van der Waals surface area contributed by atoms with Gasteiger partial charge in [0.05, 0.1) is 11.4 Å². The topological polar surface area (TPSA) is 89.0 Å². The van der Waals surface area contributed by atoms with Crippen LogP contribution in [0.2, 0.25) is 0 Å². The van der Waals surface area contributed by atoms with Gasteiger partial charge < -0.3 is 0 Å². The Morgan fingerprint density at radius 2 is 1.85 bits per heavy atom. The summed E-state index contributed by atoms with van der Waals surface area (Å²) in [5.74, 6) is -0.536. The molecule has 3 rings (SSSR count). The van der Waals surface area contributed by atoms with Gasteiger partial charge in [-0.05, 0) is 31.5 Å². The fourth-order valence-corrected chi connectivity index (χ4v) is 5.23. The molecular weight excluding hydrogens is 370 g/mol. The first-order valence-electron chi connectivity index (χ1n) is 7.83. The van der Waals surface area contributed by atoms with E-state index in [0.717, 1.165) is 16.9 Å². The molecule has 0 radical (unpaired) electrons. The number of anilines is 1. The van der Waals surface area contributed by atoms with Crippen molar-refractivity contribution >= 4 is 32.2 Å². The maximum atomic E-state index is 12.7. The molecule has 3 aromatic rings. The first kappa shape index (κ1) is 18.2. The first-order valence-corrected chi connectivity index (χ1v) is 10.3. The number of amides is 1. The number of thiazole rings is 1. The highest BCUT2D eigenvalue weighted by Crippen LogP contribution is 2.30. The maximum Gasteiger partial charge on any atom is 0.276 e. The summed E-state index contributed by atoms with van der Waals surface area (Å²) in [4.78, 5) is 20.3. The fraction of sp³-hybridized carbons (Fsp3) is 0.167. The average molecular weight is 387 g/mol. The monoisotopic (exact) mass is 387 g/mol. The summed E-state index contributed by atoms with van der Waals surface area (Å²) in [6.07, 6.45) is 1.51. The summed E-state index contributed by atoms with van der Waals surface area (Å²) in [7, 11) is -3.55. The van der Waals surface area contributed by atoms with Crippen LogP contribution in [0.25, 0.3) is 0 Å². The summed E-state index contributed by atoms with van der Waals surface area (Å²) < 4.78 is 25.6. The Morgan fingerprint density at radius 1 is 1.12 bits per heavy atom. The second-order valence-corrected chi connectivity index (χ2v) is 8.99. The smallest absolute Gasteiger partial charge is 0.276 e. The number of pyridine rings is 1. The van der Waals surface area contributed by atoms with Crippen LogP contribution in [0.1, 0.15) is 27.3 Å². The number of benzene rings is 1. The Kier molecular flexibility index (Phi) is 5.15. The third-order valence-electron chi connectivity index (χ3n) is 3.63. The molecule has 26 heavy (non-hydrogen) atoms. The van der Waals surface area contributed by atoms with Crippen molar-refractivity contribution in [3.8, 4) is 0 Å². The average Bonchev–Trinajstić information content (AvgIpc) is 2.99. The molecule has 0 spiro atoms. The molecule has 2 aromatic heterocycles. The van der Waals surface area contributed by atoms with Crippen LogP contribution >= 0.6 is 11.3 Å². The molecule has 0 saturated carbocycles. The van der Waals surface area contributed by atoms with E-state index in [-0.39, 0.29) is 20.8 Å². The summed E-state index contributed by atoms with van der Waals surface area (Å²) >= 11 is 0.953. The number of aromatic nitrogens is 2. The molecular formula is C18H17N3O3S2. The van der Waals surface area contributed by atoms with E-state index < -0.39 is 15.7 Å². The number of nitrogens with one attached hydrogen (secondary N) is 1. The predicted molar refractivity (Wildman–Crippen MR) is 101 cm³/mol. The standard InChI is InChI=1S/C18H17N3O3S2/c1-12-6-8-14(9-7-12)11-26(23,24)17-13(2)20-18(25-17)21-16(22)15-5-3-4-10-19-15/h3-10H,11H2,1-2H3,(H,20,21,22). The number of sulfone groups is 1. The Morgan fingerprint density at radius 3 is 2.50 bits per heavy atom. The molecule has 0 bridgehead atoms. The molecule has 8 heteroatoms. The van der Waals surface area contributed by atoms with Crippen LogP contribution in [0.15, 0.2) is 52.9 Å². The highest BCUT2D eigenvalue weighted by molar-refractivity contribution is 7.92. The largest absolute Gasteiger partial charge is 0.296 e. The van der Waals surface area contributed by atoms with E-state index in [9.17, 15) is 13.2 Å². The Hall–Kier alpha value is -2.58. The van der Waals surface area contributed by atoms with Gasteiger partial charge in [-0.15, -0.1) is 0 Å². The van der Waals surface area contributed by atoms with Crippen LogP contribution in [0.3, 0.4) is 0 Å². The van der Waals surface area contributed by atoms with Crippen molar-refractivity contribution in [2.24, 2.45) is 0 Å². The molecule has 134 valence electrons. The zero-order valence-corrected chi connectivity index (χ0v) is 15.9. The molecule has 0 saturated heterocycles. The van der Waals surface area contributed by atoms with Crippen LogP contribution in [-0.4, -0.2) is 24.3 Å². The van der Waals surface area contributed by atoms with Crippen molar-refractivity contribution in [3.05, 3.63) is 71.2 Å². The molecule has 2 heterocycles. The van der Waals surface area contributed by atoms with Gasteiger partial charge in [0, 0.05) is 6.20 Å². The normalized spacial score (nSPS) is 11.3. The molecule has 0 unspecified atom stereocenters. The number of carbonyl (C=O) groups excluding carboxylic acids is 1. The number of rotatable bonds is 5. The van der Waals surface area contributed by atoms with E-state index in [2.05, 4.69) is 15.3 Å². The molecule has 1 amide bonds. The lowest BCUT2D eigenvalue weighted by Crippen LogP contribution is -2.13. The minimum atomic E-state index is -3.55. The number of aryl methyl sites for hydroxylation is 2. The maximum absolute atomic E-state index is 12.7. The van der Waals surface area contributed by atoms with Crippen LogP contribution in [0.5, 0.6) is 0 Å². The summed E-state index contributed by atoms with van der Waals surface area (Å²) in [6.45, 7) is 3.57. The molecule has 0 aliphatic carbocycles. The Labute approximate surface area is 155 Å². The van der Waals surface area contributed by atoms with E-state index in [0.29, 0.717) is 11.3 Å². The third kappa shape index (κ3) is 4.14. The predicted octanol–water partition coefficient (Wildman–Crippen LogP) is 3.38. The molecule has 1 N–H and O–H groups in total. The van der Waals surface area contributed by atoms with Crippen molar-refractivity contribution in [1.29, 1.82) is 0 Å². The van der Waals surface area contributed by atoms with Gasteiger partial charge in [-0.3, -0.25) is 15.1 Å². The number of nitrogens with zero attached hydrogens (tertiary/aromatic N) is 2. The lowest BCUT2D eigenvalue weighted by Gasteiger charge is -2.03. The Bertz CT molecular complexity index is 1030. The fourth-order valence-electron chi connectivity index (χ4n) is 2.35. The van der Waals surface area contributed by atoms with E-state index in [4.69, 9.17) is 0 Å². The van der Waals surface area contributed by atoms with Crippen LogP contribution in [0, 0.1) is 13.8 Å².